The second kappa shape index (κ2) is 7.75. The molecule has 0 saturated heterocycles. The zero-order chi connectivity index (χ0) is 16.1. The number of thioether (sulfide) groups is 1. The fourth-order valence-corrected chi connectivity index (χ4v) is 3.59. The van der Waals surface area contributed by atoms with E-state index in [1.165, 1.54) is 30.0 Å². The van der Waals surface area contributed by atoms with Crippen LogP contribution in [0.3, 0.4) is 0 Å². The number of thiophene rings is 1. The maximum atomic E-state index is 12.0. The molecule has 0 aliphatic heterocycles. The molecule has 1 N–H and O–H groups in total. The third-order valence-electron chi connectivity index (χ3n) is 2.83. The van der Waals surface area contributed by atoms with E-state index in [1.807, 2.05) is 11.6 Å². The van der Waals surface area contributed by atoms with Gasteiger partial charge in [-0.15, -0.1) is 21.5 Å². The van der Waals surface area contributed by atoms with Gasteiger partial charge >= 0.3 is 0 Å². The second-order valence-corrected chi connectivity index (χ2v) is 7.16. The van der Waals surface area contributed by atoms with Gasteiger partial charge in [-0.25, -0.2) is 0 Å². The van der Waals surface area contributed by atoms with Gasteiger partial charge in [-0.05, 0) is 12.1 Å². The normalized spacial score (nSPS) is 10.7. The fourth-order valence-electron chi connectivity index (χ4n) is 1.70. The first kappa shape index (κ1) is 17.0. The highest BCUT2D eigenvalue weighted by Crippen LogP contribution is 2.24. The second-order valence-electron chi connectivity index (χ2n) is 4.51. The van der Waals surface area contributed by atoms with E-state index in [2.05, 4.69) is 15.5 Å². The highest BCUT2D eigenvalue weighted by molar-refractivity contribution is 7.99. The van der Waals surface area contributed by atoms with Gasteiger partial charge in [-0.2, -0.15) is 0 Å². The lowest BCUT2D eigenvalue weighted by Crippen LogP contribution is -2.23. The largest absolute Gasteiger partial charge is 0.356 e. The molecule has 0 spiro atoms. The Morgan fingerprint density at radius 3 is 2.82 bits per heavy atom. The zero-order valence-corrected chi connectivity index (χ0v) is 14.5. The number of aromatic nitrogens is 3. The van der Waals surface area contributed by atoms with Crippen molar-refractivity contribution in [3.05, 3.63) is 27.2 Å². The number of Topliss-reactive ketones (excluding diaryl/α,β-unsaturated/α-hetero) is 1. The number of nitrogens with zero attached hydrogens (tertiary/aromatic N) is 3. The summed E-state index contributed by atoms with van der Waals surface area (Å²) < 4.78 is 2.44. The van der Waals surface area contributed by atoms with Crippen LogP contribution in [0.1, 0.15) is 22.4 Å². The van der Waals surface area contributed by atoms with Crippen LogP contribution < -0.4 is 5.32 Å². The fraction of sp³-hybridized carbons (Fsp3) is 0.385. The number of carbonyl (C=O) groups is 2. The highest BCUT2D eigenvalue weighted by Gasteiger charge is 2.13. The van der Waals surface area contributed by atoms with Crippen LogP contribution in [-0.2, 0) is 18.3 Å². The minimum Gasteiger partial charge on any atom is -0.356 e. The van der Waals surface area contributed by atoms with Crippen molar-refractivity contribution in [3.63, 3.8) is 0 Å². The number of rotatable bonds is 7. The van der Waals surface area contributed by atoms with Crippen LogP contribution in [0.4, 0.5) is 0 Å². The number of nitrogens with one attached hydrogen (secondary N) is 1. The number of ketones is 1. The molecular weight excluding hydrogens is 344 g/mol. The van der Waals surface area contributed by atoms with Crippen molar-refractivity contribution in [2.75, 3.05) is 12.3 Å². The molecule has 0 saturated carbocycles. The first-order valence-corrected chi connectivity index (χ1v) is 8.69. The Hall–Kier alpha value is -1.38. The van der Waals surface area contributed by atoms with Gasteiger partial charge in [-0.1, -0.05) is 23.4 Å². The molecule has 22 heavy (non-hydrogen) atoms. The summed E-state index contributed by atoms with van der Waals surface area (Å²) >= 11 is 8.43. The Kier molecular flexibility index (Phi) is 5.98. The molecule has 0 fully saturated rings. The number of hydrogen-bond donors (Lipinski definition) is 1. The van der Waals surface area contributed by atoms with Crippen molar-refractivity contribution in [2.45, 2.75) is 18.5 Å². The standard InChI is InChI=1S/C13H15ClN4O2S2/c1-8(19)15-6-5-12-16-17-13(18(12)2)21-7-9(20)10-3-4-11(14)22-10/h3-4H,5-7H2,1-2H3,(H,15,19). The summed E-state index contributed by atoms with van der Waals surface area (Å²) in [6.07, 6.45) is 0.595. The molecule has 9 heteroatoms. The molecule has 2 heterocycles. The van der Waals surface area contributed by atoms with Gasteiger partial charge in [0.15, 0.2) is 10.9 Å². The van der Waals surface area contributed by atoms with Gasteiger partial charge in [0.1, 0.15) is 5.82 Å². The molecule has 0 aromatic carbocycles. The van der Waals surface area contributed by atoms with E-state index >= 15 is 0 Å². The Morgan fingerprint density at radius 1 is 1.41 bits per heavy atom. The molecule has 0 aliphatic carbocycles. The Balaban J connectivity index is 1.89. The van der Waals surface area contributed by atoms with Crippen LogP contribution in [-0.4, -0.2) is 38.8 Å². The highest BCUT2D eigenvalue weighted by atomic mass is 35.5. The lowest BCUT2D eigenvalue weighted by Gasteiger charge is -2.04. The van der Waals surface area contributed by atoms with Crippen LogP contribution in [0.25, 0.3) is 0 Å². The predicted octanol–water partition coefficient (Wildman–Crippen LogP) is 2.18. The summed E-state index contributed by atoms with van der Waals surface area (Å²) in [6.45, 7) is 1.99. The molecule has 118 valence electrons. The molecule has 0 bridgehead atoms. The topological polar surface area (TPSA) is 76.9 Å². The Morgan fingerprint density at radius 2 is 2.18 bits per heavy atom. The van der Waals surface area contributed by atoms with Crippen LogP contribution in [0, 0.1) is 0 Å². The average Bonchev–Trinajstić information content (AvgIpc) is 3.04. The summed E-state index contributed by atoms with van der Waals surface area (Å²) in [6, 6.07) is 3.44. The minimum atomic E-state index is -0.0722. The third-order valence-corrected chi connectivity index (χ3v) is 5.12. The SMILES string of the molecule is CC(=O)NCCc1nnc(SCC(=O)c2ccc(Cl)s2)n1C. The summed E-state index contributed by atoms with van der Waals surface area (Å²) in [7, 11) is 1.85. The van der Waals surface area contributed by atoms with Crippen LogP contribution in [0.15, 0.2) is 17.3 Å². The molecule has 6 nitrogen and oxygen atoms in total. The number of hydrogen-bond acceptors (Lipinski definition) is 6. The smallest absolute Gasteiger partial charge is 0.216 e. The van der Waals surface area contributed by atoms with Crippen molar-refractivity contribution in [2.24, 2.45) is 7.05 Å². The molecule has 0 radical (unpaired) electrons. The predicted molar refractivity (Wildman–Crippen MR) is 87.8 cm³/mol. The Bertz CT molecular complexity index is 683. The van der Waals surface area contributed by atoms with Gasteiger partial charge in [0, 0.05) is 26.9 Å². The van der Waals surface area contributed by atoms with E-state index < -0.39 is 0 Å². The first-order valence-electron chi connectivity index (χ1n) is 6.51. The number of amides is 1. The molecule has 0 atom stereocenters. The van der Waals surface area contributed by atoms with Gasteiger partial charge in [0.25, 0.3) is 0 Å². The van der Waals surface area contributed by atoms with Crippen molar-refractivity contribution in [1.29, 1.82) is 0 Å². The van der Waals surface area contributed by atoms with Gasteiger partial charge in [-0.3, -0.25) is 9.59 Å². The summed E-state index contributed by atoms with van der Waals surface area (Å²) in [5.74, 6) is 0.999. The minimum absolute atomic E-state index is 0.0182. The van der Waals surface area contributed by atoms with E-state index in [1.54, 1.807) is 12.1 Å². The maximum absolute atomic E-state index is 12.0. The molecular formula is C13H15ClN4O2S2. The van der Waals surface area contributed by atoms with Crippen molar-refractivity contribution >= 4 is 46.4 Å². The van der Waals surface area contributed by atoms with Gasteiger partial charge in [0.05, 0.1) is 15.0 Å². The molecule has 2 rings (SSSR count). The molecule has 2 aromatic heterocycles. The average molecular weight is 359 g/mol. The maximum Gasteiger partial charge on any atom is 0.216 e. The molecule has 0 aliphatic rings. The molecule has 2 aromatic rings. The molecule has 0 unspecified atom stereocenters. The zero-order valence-electron chi connectivity index (χ0n) is 12.1. The van der Waals surface area contributed by atoms with Crippen molar-refractivity contribution in [3.8, 4) is 0 Å². The quantitative estimate of drug-likeness (QED) is 0.606. The van der Waals surface area contributed by atoms with E-state index in [0.717, 1.165) is 5.82 Å². The van der Waals surface area contributed by atoms with Crippen molar-refractivity contribution < 1.29 is 9.59 Å². The third kappa shape index (κ3) is 4.56. The monoisotopic (exact) mass is 358 g/mol. The van der Waals surface area contributed by atoms with E-state index in [0.29, 0.717) is 27.3 Å². The Labute approximate surface area is 141 Å². The van der Waals surface area contributed by atoms with Crippen molar-refractivity contribution in [1.82, 2.24) is 20.1 Å². The van der Waals surface area contributed by atoms with E-state index in [4.69, 9.17) is 11.6 Å². The van der Waals surface area contributed by atoms with Gasteiger partial charge < -0.3 is 9.88 Å². The summed E-state index contributed by atoms with van der Waals surface area (Å²) in [5, 5.41) is 11.5. The molecule has 1 amide bonds. The summed E-state index contributed by atoms with van der Waals surface area (Å²) in [5.41, 5.74) is 0. The van der Waals surface area contributed by atoms with Crippen LogP contribution >= 0.6 is 34.7 Å². The van der Waals surface area contributed by atoms with E-state index in [9.17, 15) is 9.59 Å². The van der Waals surface area contributed by atoms with Crippen LogP contribution in [0.5, 0.6) is 0 Å². The number of halogens is 1. The number of carbonyl (C=O) groups excluding carboxylic acids is 2. The lowest BCUT2D eigenvalue weighted by atomic mass is 10.4. The summed E-state index contributed by atoms with van der Waals surface area (Å²) in [4.78, 5) is 23.5. The van der Waals surface area contributed by atoms with Crippen LogP contribution in [0.2, 0.25) is 4.34 Å². The first-order chi connectivity index (χ1) is 10.5. The lowest BCUT2D eigenvalue weighted by molar-refractivity contribution is -0.118. The van der Waals surface area contributed by atoms with Gasteiger partial charge in [0.2, 0.25) is 5.91 Å². The van der Waals surface area contributed by atoms with E-state index in [-0.39, 0.29) is 17.4 Å².